The maximum Gasteiger partial charge on any atom is 0.227 e. The molecule has 79 valence electrons. The molecule has 2 atom stereocenters. The van der Waals surface area contributed by atoms with Crippen LogP contribution < -0.4 is 0 Å². The maximum absolute atomic E-state index is 10.1. The molecule has 1 aliphatic carbocycles. The van der Waals surface area contributed by atoms with Crippen LogP contribution in [0, 0.1) is 5.41 Å². The zero-order valence-corrected chi connectivity index (χ0v) is 10.1. The molecule has 1 radical (unpaired) electrons. The van der Waals surface area contributed by atoms with E-state index in [-0.39, 0.29) is 5.03 Å². The fraction of sp³-hybridized carbons (Fsp3) is 0.667. The van der Waals surface area contributed by atoms with Gasteiger partial charge < -0.3 is 4.74 Å². The van der Waals surface area contributed by atoms with E-state index >= 15 is 0 Å². The Balaban J connectivity index is 2.84. The Kier molecular flexibility index (Phi) is 3.53. The lowest BCUT2D eigenvalue weighted by Gasteiger charge is -2.23. The summed E-state index contributed by atoms with van der Waals surface area (Å²) < 4.78 is 4.35. The summed E-state index contributed by atoms with van der Waals surface area (Å²) in [5, 5.41) is 0.271. The Morgan fingerprint density at radius 3 is 2.43 bits per heavy atom. The molecule has 1 saturated carbocycles. The van der Waals surface area contributed by atoms with Crippen LogP contribution in [0.15, 0.2) is 11.1 Å². The van der Waals surface area contributed by atoms with E-state index in [0.717, 1.165) is 6.08 Å². The van der Waals surface area contributed by atoms with Crippen LogP contribution in [-0.4, -0.2) is 23.8 Å². The quantitative estimate of drug-likeness (QED) is 0.571. The van der Waals surface area contributed by atoms with Gasteiger partial charge in [0, 0.05) is 18.6 Å². The number of rotatable bonds is 4. The Labute approximate surface area is 98.1 Å². The second-order valence-electron chi connectivity index (χ2n) is 3.56. The van der Waals surface area contributed by atoms with Crippen LogP contribution in [0.25, 0.3) is 0 Å². The van der Waals surface area contributed by atoms with Crippen LogP contribution in [0.3, 0.4) is 0 Å². The van der Waals surface area contributed by atoms with Crippen molar-refractivity contribution in [2.75, 3.05) is 7.11 Å². The summed E-state index contributed by atoms with van der Waals surface area (Å²) in [6, 6.07) is 0. The van der Waals surface area contributed by atoms with Crippen LogP contribution in [0.1, 0.15) is 13.3 Å². The van der Waals surface area contributed by atoms with Gasteiger partial charge in [-0.25, -0.2) is 0 Å². The molecular formula is C9H10Cl3O2. The Hall–Kier alpha value is 0.240. The van der Waals surface area contributed by atoms with E-state index in [1.165, 1.54) is 7.11 Å². The van der Waals surface area contributed by atoms with Gasteiger partial charge in [0.1, 0.15) is 10.4 Å². The number of alkyl halides is 2. The van der Waals surface area contributed by atoms with E-state index in [1.54, 1.807) is 6.29 Å². The molecule has 1 aliphatic rings. The molecule has 0 aromatic carbocycles. The largest absolute Gasteiger partial charge is 0.375 e. The van der Waals surface area contributed by atoms with Crippen molar-refractivity contribution in [1.82, 2.24) is 0 Å². The average Bonchev–Trinajstić information content (AvgIpc) is 2.52. The molecular weight excluding hydrogens is 246 g/mol. The first-order valence-electron chi connectivity index (χ1n) is 4.03. The van der Waals surface area contributed by atoms with Gasteiger partial charge in [0.05, 0.1) is 5.03 Å². The molecule has 0 saturated heterocycles. The highest BCUT2D eigenvalue weighted by molar-refractivity contribution is 6.51. The summed E-state index contributed by atoms with van der Waals surface area (Å²) in [6.07, 6.45) is 2.86. The summed E-state index contributed by atoms with van der Waals surface area (Å²) in [4.78, 5) is 10.1. The van der Waals surface area contributed by atoms with Crippen molar-refractivity contribution in [2.45, 2.75) is 23.8 Å². The molecule has 5 heteroatoms. The molecule has 2 unspecified atom stereocenters. The summed E-state index contributed by atoms with van der Waals surface area (Å²) in [5.41, 5.74) is -0.435. The predicted octanol–water partition coefficient (Wildman–Crippen LogP) is 2.82. The highest BCUT2D eigenvalue weighted by Gasteiger charge is 2.67. The van der Waals surface area contributed by atoms with Gasteiger partial charge in [-0.05, 0) is 6.42 Å². The number of halogens is 3. The van der Waals surface area contributed by atoms with Gasteiger partial charge in [-0.3, -0.25) is 4.79 Å². The number of ether oxygens (including phenoxy) is 1. The molecule has 1 fully saturated rings. The second kappa shape index (κ2) is 4.01. The van der Waals surface area contributed by atoms with E-state index in [4.69, 9.17) is 39.5 Å². The Bertz CT molecular complexity index is 275. The number of carbonyl (C=O) groups excluding carboxylic acids is 1. The van der Waals surface area contributed by atoms with Gasteiger partial charge >= 0.3 is 0 Å². The fourth-order valence-corrected chi connectivity index (χ4v) is 2.64. The fourth-order valence-electron chi connectivity index (χ4n) is 1.51. The molecule has 0 N–H and O–H groups in total. The van der Waals surface area contributed by atoms with Crippen molar-refractivity contribution < 1.29 is 9.53 Å². The van der Waals surface area contributed by atoms with E-state index in [1.807, 2.05) is 6.92 Å². The molecule has 0 aromatic rings. The summed E-state index contributed by atoms with van der Waals surface area (Å²) in [5.74, 6) is 0. The number of hydrogen-bond donors (Lipinski definition) is 0. The normalized spacial score (nSPS) is 32.5. The molecule has 1 rings (SSSR count). The molecule has 14 heavy (non-hydrogen) atoms. The molecule has 0 bridgehead atoms. The number of allylic oxidation sites excluding steroid dienone is 1. The predicted molar refractivity (Wildman–Crippen MR) is 57.6 cm³/mol. The maximum atomic E-state index is 10.1. The van der Waals surface area contributed by atoms with Gasteiger partial charge in [-0.15, -0.1) is 23.2 Å². The third-order valence-corrected chi connectivity index (χ3v) is 4.00. The number of hydrogen-bond acceptors (Lipinski definition) is 2. The molecule has 0 spiro atoms. The standard InChI is InChI=1S/C9H10Cl3O2/c1-8(5-9(8,11)12)7(14-2)6(10)3-4-13/h3,7H,5H2,1-2H3/b6-3-. The van der Waals surface area contributed by atoms with E-state index in [2.05, 4.69) is 0 Å². The van der Waals surface area contributed by atoms with Gasteiger partial charge in [-0.2, -0.15) is 0 Å². The molecule has 0 amide bonds. The average molecular weight is 257 g/mol. The van der Waals surface area contributed by atoms with Crippen molar-refractivity contribution in [3.8, 4) is 0 Å². The minimum atomic E-state index is -0.829. The molecule has 2 nitrogen and oxygen atoms in total. The van der Waals surface area contributed by atoms with Crippen LogP contribution in [0.4, 0.5) is 0 Å². The second-order valence-corrected chi connectivity index (χ2v) is 5.48. The highest BCUT2D eigenvalue weighted by Crippen LogP contribution is 2.67. The minimum Gasteiger partial charge on any atom is -0.375 e. The Morgan fingerprint density at radius 2 is 2.14 bits per heavy atom. The van der Waals surface area contributed by atoms with Crippen LogP contribution in [0.2, 0.25) is 0 Å². The summed E-state index contributed by atoms with van der Waals surface area (Å²) >= 11 is 17.8. The first kappa shape index (κ1) is 12.3. The third kappa shape index (κ3) is 1.94. The first-order chi connectivity index (χ1) is 6.39. The lowest BCUT2D eigenvalue weighted by molar-refractivity contribution is 0.0808. The monoisotopic (exact) mass is 255 g/mol. The minimum absolute atomic E-state index is 0.271. The van der Waals surface area contributed by atoms with Crippen molar-refractivity contribution in [1.29, 1.82) is 0 Å². The number of methoxy groups -OCH3 is 1. The smallest absolute Gasteiger partial charge is 0.227 e. The lowest BCUT2D eigenvalue weighted by atomic mass is 10.0. The molecule has 0 aliphatic heterocycles. The van der Waals surface area contributed by atoms with E-state index < -0.39 is 15.9 Å². The molecule has 0 aromatic heterocycles. The van der Waals surface area contributed by atoms with Crippen molar-refractivity contribution in [3.05, 3.63) is 11.1 Å². The van der Waals surface area contributed by atoms with Gasteiger partial charge in [0.15, 0.2) is 0 Å². The topological polar surface area (TPSA) is 26.3 Å². The van der Waals surface area contributed by atoms with E-state index in [9.17, 15) is 4.79 Å². The van der Waals surface area contributed by atoms with Crippen molar-refractivity contribution in [2.24, 2.45) is 5.41 Å². The first-order valence-corrected chi connectivity index (χ1v) is 5.16. The van der Waals surface area contributed by atoms with Crippen molar-refractivity contribution in [3.63, 3.8) is 0 Å². The van der Waals surface area contributed by atoms with Gasteiger partial charge in [-0.1, -0.05) is 18.5 Å². The highest BCUT2D eigenvalue weighted by atomic mass is 35.5. The van der Waals surface area contributed by atoms with Gasteiger partial charge in [0.25, 0.3) is 0 Å². The van der Waals surface area contributed by atoms with Gasteiger partial charge in [0.2, 0.25) is 6.29 Å². The lowest BCUT2D eigenvalue weighted by Crippen LogP contribution is -2.26. The zero-order valence-electron chi connectivity index (χ0n) is 7.81. The van der Waals surface area contributed by atoms with Crippen LogP contribution in [-0.2, 0) is 9.53 Å². The molecule has 0 heterocycles. The summed E-state index contributed by atoms with van der Waals surface area (Å²) in [7, 11) is 1.50. The van der Waals surface area contributed by atoms with E-state index in [0.29, 0.717) is 6.42 Å². The Morgan fingerprint density at radius 1 is 1.64 bits per heavy atom. The summed E-state index contributed by atoms with van der Waals surface area (Å²) in [6.45, 7) is 1.86. The van der Waals surface area contributed by atoms with Crippen molar-refractivity contribution >= 4 is 41.1 Å². The van der Waals surface area contributed by atoms with Crippen LogP contribution in [0.5, 0.6) is 0 Å². The van der Waals surface area contributed by atoms with Crippen LogP contribution >= 0.6 is 34.8 Å². The zero-order chi connectivity index (χ0) is 11.0. The third-order valence-electron chi connectivity index (χ3n) is 2.56. The SMILES string of the molecule is COC(/C(Cl)=C/[C]=O)C1(C)CC1(Cl)Cl.